The van der Waals surface area contributed by atoms with Crippen molar-refractivity contribution in [1.82, 2.24) is 10.6 Å². The van der Waals surface area contributed by atoms with Crippen LogP contribution in [0.15, 0.2) is 0 Å². The van der Waals surface area contributed by atoms with Gasteiger partial charge in [0.1, 0.15) is 0 Å². The average Bonchev–Trinajstić information content (AvgIpc) is 2.84. The lowest BCUT2D eigenvalue weighted by atomic mass is 10.2. The van der Waals surface area contributed by atoms with E-state index >= 15 is 0 Å². The van der Waals surface area contributed by atoms with E-state index < -0.39 is 0 Å². The highest BCUT2D eigenvalue weighted by atomic mass is 16.2. The first-order valence-electron chi connectivity index (χ1n) is 4.62. The Morgan fingerprint density at radius 1 is 1.42 bits per heavy atom. The Balaban J connectivity index is 2.23. The van der Waals surface area contributed by atoms with E-state index in [4.69, 9.17) is 0 Å². The number of carbonyl (C=O) groups is 1. The van der Waals surface area contributed by atoms with Gasteiger partial charge >= 0.3 is 0 Å². The maximum atomic E-state index is 11.1. The molecule has 1 rings (SSSR count). The Labute approximate surface area is 73.9 Å². The molecule has 0 radical (unpaired) electrons. The molecule has 12 heavy (non-hydrogen) atoms. The molecular formula is C9H18N2O. The first-order chi connectivity index (χ1) is 5.65. The molecule has 1 aliphatic carbocycles. The van der Waals surface area contributed by atoms with E-state index in [1.165, 1.54) is 12.8 Å². The highest BCUT2D eigenvalue weighted by Gasteiger charge is 2.29. The molecule has 3 heteroatoms. The summed E-state index contributed by atoms with van der Waals surface area (Å²) < 4.78 is 0. The lowest BCUT2D eigenvalue weighted by Gasteiger charge is -2.18. The fraction of sp³-hybridized carbons (Fsp3) is 0.889. The zero-order chi connectivity index (χ0) is 9.14. The standard InChI is InChI=1S/C9H18N2O/c1-6(8-4-5-8)11-7(2)9(12)10-3/h6-8,11H,4-5H2,1-3H3,(H,10,12). The third kappa shape index (κ3) is 2.48. The van der Waals surface area contributed by atoms with Crippen LogP contribution in [0.3, 0.4) is 0 Å². The molecule has 2 unspecified atom stereocenters. The first-order valence-corrected chi connectivity index (χ1v) is 4.62. The van der Waals surface area contributed by atoms with E-state index in [1.807, 2.05) is 6.92 Å². The Hall–Kier alpha value is -0.570. The summed E-state index contributed by atoms with van der Waals surface area (Å²) in [5.41, 5.74) is 0. The number of amides is 1. The quantitative estimate of drug-likeness (QED) is 0.645. The van der Waals surface area contributed by atoms with Crippen molar-refractivity contribution in [2.24, 2.45) is 5.92 Å². The fourth-order valence-corrected chi connectivity index (χ4v) is 1.42. The number of carbonyl (C=O) groups excluding carboxylic acids is 1. The van der Waals surface area contributed by atoms with Crippen molar-refractivity contribution in [3.63, 3.8) is 0 Å². The van der Waals surface area contributed by atoms with Gasteiger partial charge in [0.15, 0.2) is 0 Å². The fourth-order valence-electron chi connectivity index (χ4n) is 1.42. The zero-order valence-corrected chi connectivity index (χ0v) is 8.05. The molecule has 0 aromatic heterocycles. The van der Waals surface area contributed by atoms with Crippen LogP contribution in [0.5, 0.6) is 0 Å². The number of rotatable bonds is 4. The summed E-state index contributed by atoms with van der Waals surface area (Å²) in [6.45, 7) is 4.05. The molecule has 0 aliphatic heterocycles. The highest BCUT2D eigenvalue weighted by Crippen LogP contribution is 2.32. The van der Waals surface area contributed by atoms with Gasteiger partial charge in [-0.15, -0.1) is 0 Å². The first kappa shape index (κ1) is 9.52. The summed E-state index contributed by atoms with van der Waals surface area (Å²) in [4.78, 5) is 11.1. The third-order valence-corrected chi connectivity index (χ3v) is 2.48. The second kappa shape index (κ2) is 3.90. The monoisotopic (exact) mass is 170 g/mol. The molecule has 1 amide bonds. The molecule has 0 aromatic rings. The average molecular weight is 170 g/mol. The number of hydrogen-bond donors (Lipinski definition) is 2. The third-order valence-electron chi connectivity index (χ3n) is 2.48. The summed E-state index contributed by atoms with van der Waals surface area (Å²) >= 11 is 0. The second-order valence-electron chi connectivity index (χ2n) is 3.63. The van der Waals surface area contributed by atoms with Gasteiger partial charge < -0.3 is 10.6 Å². The van der Waals surface area contributed by atoms with E-state index in [9.17, 15) is 4.79 Å². The van der Waals surface area contributed by atoms with Gasteiger partial charge in [-0.2, -0.15) is 0 Å². The van der Waals surface area contributed by atoms with Crippen LogP contribution in [0.4, 0.5) is 0 Å². The van der Waals surface area contributed by atoms with E-state index in [-0.39, 0.29) is 11.9 Å². The zero-order valence-electron chi connectivity index (χ0n) is 8.05. The summed E-state index contributed by atoms with van der Waals surface area (Å²) in [7, 11) is 1.67. The molecule has 2 atom stereocenters. The van der Waals surface area contributed by atoms with Gasteiger partial charge in [0.2, 0.25) is 5.91 Å². The highest BCUT2D eigenvalue weighted by molar-refractivity contribution is 5.80. The smallest absolute Gasteiger partial charge is 0.236 e. The van der Waals surface area contributed by atoms with Gasteiger partial charge in [-0.3, -0.25) is 4.79 Å². The van der Waals surface area contributed by atoms with Crippen LogP contribution in [0, 0.1) is 5.92 Å². The molecular weight excluding hydrogens is 152 g/mol. The van der Waals surface area contributed by atoms with E-state index in [0.717, 1.165) is 5.92 Å². The number of nitrogens with one attached hydrogen (secondary N) is 2. The van der Waals surface area contributed by atoms with Gasteiger partial charge in [0.05, 0.1) is 6.04 Å². The van der Waals surface area contributed by atoms with Gasteiger partial charge in [0.25, 0.3) is 0 Å². The van der Waals surface area contributed by atoms with Crippen LogP contribution in [0.1, 0.15) is 26.7 Å². The van der Waals surface area contributed by atoms with Crippen LogP contribution in [0.2, 0.25) is 0 Å². The minimum atomic E-state index is -0.0643. The Kier molecular flexibility index (Phi) is 3.09. The molecule has 1 fully saturated rings. The van der Waals surface area contributed by atoms with Gasteiger partial charge in [-0.05, 0) is 32.6 Å². The molecule has 0 saturated heterocycles. The summed E-state index contributed by atoms with van der Waals surface area (Å²) in [5.74, 6) is 0.875. The summed E-state index contributed by atoms with van der Waals surface area (Å²) in [6.07, 6.45) is 2.63. The molecule has 0 aromatic carbocycles. The van der Waals surface area contributed by atoms with Crippen molar-refractivity contribution in [2.75, 3.05) is 7.05 Å². The van der Waals surface area contributed by atoms with E-state index in [1.54, 1.807) is 7.05 Å². The van der Waals surface area contributed by atoms with Crippen molar-refractivity contribution < 1.29 is 4.79 Å². The lowest BCUT2D eigenvalue weighted by Crippen LogP contribution is -2.45. The summed E-state index contributed by atoms with van der Waals surface area (Å²) in [6, 6.07) is 0.419. The van der Waals surface area contributed by atoms with Crippen LogP contribution in [0.25, 0.3) is 0 Å². The Morgan fingerprint density at radius 2 is 2.00 bits per heavy atom. The molecule has 1 aliphatic rings. The molecule has 2 N–H and O–H groups in total. The second-order valence-corrected chi connectivity index (χ2v) is 3.63. The predicted molar refractivity (Wildman–Crippen MR) is 48.9 cm³/mol. The van der Waals surface area contributed by atoms with Gasteiger partial charge in [0, 0.05) is 13.1 Å². The molecule has 1 saturated carbocycles. The Bertz CT molecular complexity index is 166. The van der Waals surface area contributed by atoms with E-state index in [0.29, 0.717) is 6.04 Å². The topological polar surface area (TPSA) is 41.1 Å². The van der Waals surface area contributed by atoms with Crippen molar-refractivity contribution >= 4 is 5.91 Å². The van der Waals surface area contributed by atoms with Crippen LogP contribution >= 0.6 is 0 Å². The SMILES string of the molecule is CNC(=O)C(C)NC(C)C1CC1. The normalized spacial score (nSPS) is 21.6. The van der Waals surface area contributed by atoms with E-state index in [2.05, 4.69) is 17.6 Å². The van der Waals surface area contributed by atoms with Crippen molar-refractivity contribution in [3.8, 4) is 0 Å². The van der Waals surface area contributed by atoms with Gasteiger partial charge in [-0.1, -0.05) is 0 Å². The maximum Gasteiger partial charge on any atom is 0.236 e. The van der Waals surface area contributed by atoms with Crippen LogP contribution in [-0.4, -0.2) is 25.0 Å². The largest absolute Gasteiger partial charge is 0.358 e. The molecule has 0 heterocycles. The minimum Gasteiger partial charge on any atom is -0.358 e. The maximum absolute atomic E-state index is 11.1. The molecule has 0 bridgehead atoms. The molecule has 0 spiro atoms. The van der Waals surface area contributed by atoms with Crippen LogP contribution < -0.4 is 10.6 Å². The molecule has 70 valence electrons. The van der Waals surface area contributed by atoms with Crippen molar-refractivity contribution in [1.29, 1.82) is 0 Å². The minimum absolute atomic E-state index is 0.0643. The Morgan fingerprint density at radius 3 is 2.42 bits per heavy atom. The predicted octanol–water partition coefficient (Wildman–Crippen LogP) is 0.509. The summed E-state index contributed by atoms with van der Waals surface area (Å²) in [5, 5.41) is 5.91. The lowest BCUT2D eigenvalue weighted by molar-refractivity contribution is -0.122. The van der Waals surface area contributed by atoms with Crippen LogP contribution in [-0.2, 0) is 4.79 Å². The van der Waals surface area contributed by atoms with Gasteiger partial charge in [-0.25, -0.2) is 0 Å². The number of likely N-dealkylation sites (N-methyl/N-ethyl adjacent to an activating group) is 1. The molecule has 3 nitrogen and oxygen atoms in total. The van der Waals surface area contributed by atoms with Crippen molar-refractivity contribution in [3.05, 3.63) is 0 Å². The number of hydrogen-bond acceptors (Lipinski definition) is 2. The van der Waals surface area contributed by atoms with Crippen molar-refractivity contribution in [2.45, 2.75) is 38.8 Å².